The van der Waals surface area contributed by atoms with Gasteiger partial charge in [0.05, 0.1) is 11.4 Å². The van der Waals surface area contributed by atoms with E-state index in [4.69, 9.17) is 14.4 Å². The molecule has 0 radical (unpaired) electrons. The van der Waals surface area contributed by atoms with E-state index in [-0.39, 0.29) is 10.8 Å². The molecule has 80 heavy (non-hydrogen) atoms. The van der Waals surface area contributed by atoms with Crippen molar-refractivity contribution < 1.29 is 4.42 Å². The fourth-order valence-corrected chi connectivity index (χ4v) is 14.2. The van der Waals surface area contributed by atoms with E-state index in [9.17, 15) is 0 Å². The summed E-state index contributed by atoms with van der Waals surface area (Å²) in [4.78, 5) is 10.8. The van der Waals surface area contributed by atoms with Crippen LogP contribution in [0.25, 0.3) is 133 Å². The maximum Gasteiger partial charge on any atom is 0.161 e. The molecule has 1 spiro atoms. The Balaban J connectivity index is 0.815. The van der Waals surface area contributed by atoms with Crippen LogP contribution in [0.3, 0.4) is 0 Å². The highest BCUT2D eigenvalue weighted by molar-refractivity contribution is 6.18. The Bertz CT molecular complexity index is 4620. The summed E-state index contributed by atoms with van der Waals surface area (Å²) < 4.78 is 6.90. The topological polar surface area (TPSA) is 38.9 Å². The molecule has 1 saturated carbocycles. The van der Waals surface area contributed by atoms with Gasteiger partial charge in [-0.15, -0.1) is 0 Å². The van der Waals surface area contributed by atoms with E-state index in [1.54, 1.807) is 11.1 Å². The SMILES string of the molecule is CC1(C)c2ccc(-c3cc(-c4ccccc4)cc(-c4ccc(-c5cc(-c6ccccc6)nc(-c6ccc(-c7ccccc7)c7oc8cc9ccccc9cc8c67)n5)cc4)c3)cc2-c2cc3c(cc21)-c1ccccc1C31CCCCC1. The third-order valence-corrected chi connectivity index (χ3v) is 18.3. The monoisotopic (exact) mass is 1020 g/mol. The van der Waals surface area contributed by atoms with Gasteiger partial charge in [-0.25, -0.2) is 9.97 Å². The van der Waals surface area contributed by atoms with Crippen molar-refractivity contribution in [2.45, 2.75) is 56.8 Å². The first-order valence-corrected chi connectivity index (χ1v) is 28.5. The summed E-state index contributed by atoms with van der Waals surface area (Å²) in [5, 5.41) is 4.34. The number of fused-ring (bicyclic) bond motifs is 12. The van der Waals surface area contributed by atoms with Gasteiger partial charge in [0.15, 0.2) is 5.82 Å². The summed E-state index contributed by atoms with van der Waals surface area (Å²) in [6, 6.07) is 89.1. The van der Waals surface area contributed by atoms with Gasteiger partial charge >= 0.3 is 0 Å². The zero-order valence-corrected chi connectivity index (χ0v) is 44.9. The summed E-state index contributed by atoms with van der Waals surface area (Å²) in [5.41, 5.74) is 27.2. The highest BCUT2D eigenvalue weighted by Crippen LogP contribution is 2.60. The first kappa shape index (κ1) is 46.6. The average molecular weight is 1030 g/mol. The number of benzene rings is 11. The molecule has 3 aliphatic carbocycles. The predicted molar refractivity (Wildman–Crippen MR) is 332 cm³/mol. The minimum Gasteiger partial charge on any atom is -0.455 e. The van der Waals surface area contributed by atoms with Crippen molar-refractivity contribution in [1.29, 1.82) is 0 Å². The quantitative estimate of drug-likeness (QED) is 0.160. The molecule has 3 aliphatic rings. The zero-order valence-electron chi connectivity index (χ0n) is 44.9. The van der Waals surface area contributed by atoms with Gasteiger partial charge in [-0.1, -0.05) is 209 Å². The molecule has 3 heteroatoms. The van der Waals surface area contributed by atoms with Crippen LogP contribution in [0.2, 0.25) is 0 Å². The van der Waals surface area contributed by atoms with E-state index in [1.165, 1.54) is 87.7 Å². The largest absolute Gasteiger partial charge is 0.455 e. The van der Waals surface area contributed by atoms with Crippen molar-refractivity contribution in [1.82, 2.24) is 9.97 Å². The van der Waals surface area contributed by atoms with Crippen molar-refractivity contribution >= 4 is 32.7 Å². The highest BCUT2D eigenvalue weighted by Gasteiger charge is 2.46. The smallest absolute Gasteiger partial charge is 0.161 e. The Labute approximate surface area is 466 Å². The van der Waals surface area contributed by atoms with Gasteiger partial charge in [0, 0.05) is 43.9 Å². The van der Waals surface area contributed by atoms with Crippen LogP contribution in [0.1, 0.15) is 68.2 Å². The van der Waals surface area contributed by atoms with E-state index in [1.807, 2.05) is 0 Å². The summed E-state index contributed by atoms with van der Waals surface area (Å²) in [6.45, 7) is 4.85. The van der Waals surface area contributed by atoms with Crippen molar-refractivity contribution in [3.05, 3.63) is 265 Å². The lowest BCUT2D eigenvalue weighted by atomic mass is 9.67. The lowest BCUT2D eigenvalue weighted by Gasteiger charge is -2.36. The number of hydrogen-bond donors (Lipinski definition) is 0. The van der Waals surface area contributed by atoms with Crippen molar-refractivity contribution in [2.24, 2.45) is 0 Å². The molecule has 0 bridgehead atoms. The Hall–Kier alpha value is -9.44. The van der Waals surface area contributed by atoms with E-state index < -0.39 is 0 Å². The van der Waals surface area contributed by atoms with E-state index in [2.05, 4.69) is 257 Å². The fraction of sp³-hybridized carbons (Fsp3) is 0.117. The molecule has 0 atom stereocenters. The Morgan fingerprint density at radius 1 is 0.338 bits per heavy atom. The second kappa shape index (κ2) is 18.1. The van der Waals surface area contributed by atoms with Gasteiger partial charge in [-0.2, -0.15) is 0 Å². The fourth-order valence-electron chi connectivity index (χ4n) is 14.2. The van der Waals surface area contributed by atoms with Crippen LogP contribution in [0.5, 0.6) is 0 Å². The minimum absolute atomic E-state index is 0.103. The van der Waals surface area contributed by atoms with Gasteiger partial charge < -0.3 is 4.42 Å². The zero-order chi connectivity index (χ0) is 53.1. The first-order chi connectivity index (χ1) is 39.3. The number of nitrogens with zero attached hydrogens (tertiary/aromatic N) is 2. The first-order valence-electron chi connectivity index (χ1n) is 28.5. The number of rotatable bonds is 7. The maximum absolute atomic E-state index is 6.90. The number of hydrogen-bond acceptors (Lipinski definition) is 3. The van der Waals surface area contributed by atoms with E-state index in [0.717, 1.165) is 83.0 Å². The molecule has 13 aromatic rings. The molecule has 2 aromatic heterocycles. The third kappa shape index (κ3) is 7.33. The molecule has 0 aliphatic heterocycles. The van der Waals surface area contributed by atoms with Crippen molar-refractivity contribution in [2.75, 3.05) is 0 Å². The van der Waals surface area contributed by atoms with Crippen LogP contribution in [0.15, 0.2) is 247 Å². The van der Waals surface area contributed by atoms with Crippen LogP contribution in [-0.4, -0.2) is 9.97 Å². The van der Waals surface area contributed by atoms with Gasteiger partial charge in [0.1, 0.15) is 11.2 Å². The maximum atomic E-state index is 6.90. The molecule has 0 unspecified atom stereocenters. The molecule has 11 aromatic carbocycles. The molecule has 3 nitrogen and oxygen atoms in total. The van der Waals surface area contributed by atoms with E-state index >= 15 is 0 Å². The summed E-state index contributed by atoms with van der Waals surface area (Å²) >= 11 is 0. The molecule has 2 heterocycles. The standard InChI is InChI=1S/C77H56N2O/c1-76(2)66-36-33-55(42-62(66)64-46-69-63(45-68(64)76)60-27-15-16-28-67(60)77(69)37-17-6-18-38-77)58-40-56(48-19-7-3-8-20-48)39-57(41-58)49-29-31-52(32-30-49)71-47-70(51-23-11-5-12-24-51)78-75(79-71)61-35-34-59(50-21-9-4-10-22-50)74-73(61)65-43-53-25-13-14-26-54(53)44-72(65)80-74/h3-5,7-16,19-36,39-47H,6,17-18,37-38H2,1-2H3. The molecular weight excluding hydrogens is 969 g/mol. The van der Waals surface area contributed by atoms with Gasteiger partial charge in [0.2, 0.25) is 0 Å². The van der Waals surface area contributed by atoms with Crippen LogP contribution in [0.4, 0.5) is 0 Å². The van der Waals surface area contributed by atoms with Gasteiger partial charge in [0.25, 0.3) is 0 Å². The predicted octanol–water partition coefficient (Wildman–Crippen LogP) is 20.7. The molecule has 0 saturated heterocycles. The van der Waals surface area contributed by atoms with Crippen LogP contribution < -0.4 is 0 Å². The summed E-state index contributed by atoms with van der Waals surface area (Å²) in [7, 11) is 0. The second-order valence-electron chi connectivity index (χ2n) is 23.1. The van der Waals surface area contributed by atoms with Crippen LogP contribution in [-0.2, 0) is 10.8 Å². The lowest BCUT2D eigenvalue weighted by molar-refractivity contribution is 0.353. The van der Waals surface area contributed by atoms with Crippen molar-refractivity contribution in [3.63, 3.8) is 0 Å². The Kier molecular flexibility index (Phi) is 10.5. The average Bonchev–Trinajstić information content (AvgIpc) is 4.25. The van der Waals surface area contributed by atoms with Crippen LogP contribution >= 0.6 is 0 Å². The molecule has 0 amide bonds. The molecule has 0 N–H and O–H groups in total. The van der Waals surface area contributed by atoms with Crippen molar-refractivity contribution in [3.8, 4) is 101 Å². The number of furan rings is 1. The van der Waals surface area contributed by atoms with Crippen LogP contribution in [0, 0.1) is 0 Å². The summed E-state index contributed by atoms with van der Waals surface area (Å²) in [6.07, 6.45) is 6.35. The Morgan fingerprint density at radius 3 is 1.57 bits per heavy atom. The second-order valence-corrected chi connectivity index (χ2v) is 23.1. The summed E-state index contributed by atoms with van der Waals surface area (Å²) in [5.74, 6) is 0.648. The molecule has 16 rings (SSSR count). The van der Waals surface area contributed by atoms with Gasteiger partial charge in [-0.05, 0) is 174 Å². The number of aromatic nitrogens is 2. The third-order valence-electron chi connectivity index (χ3n) is 18.3. The normalized spacial score (nSPS) is 14.6. The van der Waals surface area contributed by atoms with Gasteiger partial charge in [-0.3, -0.25) is 0 Å². The highest BCUT2D eigenvalue weighted by atomic mass is 16.3. The Morgan fingerprint density at radius 2 is 0.863 bits per heavy atom. The minimum atomic E-state index is -0.122. The molecule has 380 valence electrons. The molecular formula is C77H56N2O. The lowest BCUT2D eigenvalue weighted by Crippen LogP contribution is -2.28. The van der Waals surface area contributed by atoms with E-state index in [0.29, 0.717) is 5.82 Å². The molecule has 1 fully saturated rings.